The van der Waals surface area contributed by atoms with Crippen LogP contribution in [0.4, 0.5) is 0 Å². The molecule has 2 aromatic rings. The van der Waals surface area contributed by atoms with Crippen LogP contribution < -0.4 is 14.9 Å². The summed E-state index contributed by atoms with van der Waals surface area (Å²) in [5.41, 5.74) is 3.32. The second-order valence-electron chi connectivity index (χ2n) is 6.14. The zero-order valence-corrected chi connectivity index (χ0v) is 19.7. The number of ether oxygens (including phenoxy) is 2. The van der Waals surface area contributed by atoms with Crippen molar-refractivity contribution in [2.75, 3.05) is 12.4 Å². The van der Waals surface area contributed by atoms with Gasteiger partial charge in [-0.25, -0.2) is 5.43 Å². The van der Waals surface area contributed by atoms with Crippen LogP contribution in [0.15, 0.2) is 50.9 Å². The number of benzene rings is 2. The second kappa shape index (κ2) is 12.1. The van der Waals surface area contributed by atoms with Crippen LogP contribution in [0.5, 0.6) is 11.5 Å². The van der Waals surface area contributed by atoms with Gasteiger partial charge in [0.1, 0.15) is 0 Å². The van der Waals surface area contributed by atoms with Crippen molar-refractivity contribution in [2.24, 2.45) is 5.10 Å². The highest BCUT2D eigenvalue weighted by Crippen LogP contribution is 2.37. The molecule has 1 atom stereocenters. The summed E-state index contributed by atoms with van der Waals surface area (Å²) in [6.45, 7) is 6.51. The predicted octanol–water partition coefficient (Wildman–Crippen LogP) is 5.92. The van der Waals surface area contributed by atoms with Crippen LogP contribution >= 0.6 is 39.3 Å². The average Bonchev–Trinajstić information content (AvgIpc) is 2.70. The van der Waals surface area contributed by atoms with Crippen LogP contribution in [0.2, 0.25) is 5.02 Å². The van der Waals surface area contributed by atoms with E-state index in [2.05, 4.69) is 33.4 Å². The maximum Gasteiger partial charge on any atom is 0.250 e. The standard InChI is InChI=1S/C21H24BrClN2O3S/c1-4-14(3)28-21-18(22)10-15(11-19(21)27-5-2)12-24-25-20(26)13-29-17-8-6-16(23)7-9-17/h6-12,14H,4-5,13H2,1-3H3,(H,25,26)/b24-12-/t14-/m0/s1. The fraction of sp³-hybridized carbons (Fsp3) is 0.333. The number of carbonyl (C=O) groups is 1. The predicted molar refractivity (Wildman–Crippen MR) is 124 cm³/mol. The van der Waals surface area contributed by atoms with E-state index in [-0.39, 0.29) is 17.8 Å². The third-order valence-electron chi connectivity index (χ3n) is 3.81. The summed E-state index contributed by atoms with van der Waals surface area (Å²) in [4.78, 5) is 13.0. The van der Waals surface area contributed by atoms with Gasteiger partial charge in [0.2, 0.25) is 5.91 Å². The van der Waals surface area contributed by atoms with Gasteiger partial charge in [0.15, 0.2) is 11.5 Å². The van der Waals surface area contributed by atoms with E-state index in [9.17, 15) is 4.79 Å². The molecule has 0 unspecified atom stereocenters. The molecule has 2 rings (SSSR count). The van der Waals surface area contributed by atoms with Crippen LogP contribution in [0.1, 0.15) is 32.8 Å². The van der Waals surface area contributed by atoms with Gasteiger partial charge in [0.25, 0.3) is 0 Å². The molecule has 29 heavy (non-hydrogen) atoms. The molecule has 0 saturated heterocycles. The first-order valence-electron chi connectivity index (χ1n) is 9.26. The first-order valence-corrected chi connectivity index (χ1v) is 11.4. The number of nitrogens with one attached hydrogen (secondary N) is 1. The minimum absolute atomic E-state index is 0.0717. The summed E-state index contributed by atoms with van der Waals surface area (Å²) in [6, 6.07) is 11.0. The topological polar surface area (TPSA) is 59.9 Å². The minimum atomic E-state index is -0.193. The highest BCUT2D eigenvalue weighted by molar-refractivity contribution is 9.10. The maximum atomic E-state index is 12.0. The van der Waals surface area contributed by atoms with Crippen molar-refractivity contribution in [3.05, 3.63) is 51.5 Å². The van der Waals surface area contributed by atoms with Crippen LogP contribution in [0.25, 0.3) is 0 Å². The number of halogens is 2. The Balaban J connectivity index is 1.98. The molecular formula is C21H24BrClN2O3S. The lowest BCUT2D eigenvalue weighted by Gasteiger charge is -2.18. The van der Waals surface area contributed by atoms with E-state index in [0.717, 1.165) is 21.4 Å². The van der Waals surface area contributed by atoms with Crippen molar-refractivity contribution in [1.82, 2.24) is 5.43 Å². The van der Waals surface area contributed by atoms with Crippen molar-refractivity contribution in [1.29, 1.82) is 0 Å². The molecule has 8 heteroatoms. The number of amides is 1. The number of hydrogen-bond acceptors (Lipinski definition) is 5. The van der Waals surface area contributed by atoms with E-state index in [1.807, 2.05) is 38.1 Å². The monoisotopic (exact) mass is 498 g/mol. The highest BCUT2D eigenvalue weighted by Gasteiger charge is 2.14. The highest BCUT2D eigenvalue weighted by atomic mass is 79.9. The Kier molecular flexibility index (Phi) is 9.84. The molecule has 5 nitrogen and oxygen atoms in total. The summed E-state index contributed by atoms with van der Waals surface area (Å²) >= 11 is 10.8. The molecule has 0 heterocycles. The first kappa shape index (κ1) is 23.6. The number of carbonyl (C=O) groups excluding carboxylic acids is 1. The van der Waals surface area contributed by atoms with Gasteiger partial charge in [-0.2, -0.15) is 5.10 Å². The zero-order valence-electron chi connectivity index (χ0n) is 16.6. The maximum absolute atomic E-state index is 12.0. The summed E-state index contributed by atoms with van der Waals surface area (Å²) in [6.07, 6.45) is 2.54. The van der Waals surface area contributed by atoms with Gasteiger partial charge in [-0.15, -0.1) is 11.8 Å². The van der Waals surface area contributed by atoms with Gasteiger partial charge in [0, 0.05) is 9.92 Å². The lowest BCUT2D eigenvalue weighted by atomic mass is 10.2. The zero-order chi connectivity index (χ0) is 21.2. The Hall–Kier alpha value is -1.70. The Morgan fingerprint density at radius 2 is 2.03 bits per heavy atom. The quantitative estimate of drug-likeness (QED) is 0.250. The fourth-order valence-electron chi connectivity index (χ4n) is 2.22. The van der Waals surface area contributed by atoms with E-state index in [4.69, 9.17) is 21.1 Å². The number of thioether (sulfide) groups is 1. The molecule has 0 bridgehead atoms. The summed E-state index contributed by atoms with van der Waals surface area (Å²) < 4.78 is 12.4. The average molecular weight is 500 g/mol. The summed E-state index contributed by atoms with van der Waals surface area (Å²) in [5, 5.41) is 4.71. The molecule has 0 aliphatic carbocycles. The van der Waals surface area contributed by atoms with E-state index in [0.29, 0.717) is 23.1 Å². The number of hydrazone groups is 1. The van der Waals surface area contributed by atoms with E-state index >= 15 is 0 Å². The van der Waals surface area contributed by atoms with Crippen LogP contribution in [-0.2, 0) is 4.79 Å². The third kappa shape index (κ3) is 7.91. The molecule has 0 aliphatic rings. The Labute approximate surface area is 189 Å². The van der Waals surface area contributed by atoms with Crippen LogP contribution in [0, 0.1) is 0 Å². The second-order valence-corrected chi connectivity index (χ2v) is 8.48. The molecule has 1 N–H and O–H groups in total. The Bertz CT molecular complexity index is 847. The van der Waals surface area contributed by atoms with Crippen molar-refractivity contribution >= 4 is 51.4 Å². The third-order valence-corrected chi connectivity index (χ3v) is 5.67. The number of rotatable bonds is 10. The van der Waals surface area contributed by atoms with Gasteiger partial charge in [0.05, 0.1) is 29.2 Å². The smallest absolute Gasteiger partial charge is 0.250 e. The van der Waals surface area contributed by atoms with Gasteiger partial charge in [-0.1, -0.05) is 18.5 Å². The van der Waals surface area contributed by atoms with E-state index in [1.54, 1.807) is 18.3 Å². The Morgan fingerprint density at radius 3 is 2.69 bits per heavy atom. The molecule has 0 radical (unpaired) electrons. The van der Waals surface area contributed by atoms with Crippen molar-refractivity contribution in [2.45, 2.75) is 38.2 Å². The van der Waals surface area contributed by atoms with Crippen molar-refractivity contribution in [3.8, 4) is 11.5 Å². The molecule has 1 amide bonds. The summed E-state index contributed by atoms with van der Waals surface area (Å²) in [5.74, 6) is 1.37. The molecule has 0 aromatic heterocycles. The molecule has 0 aliphatic heterocycles. The van der Waals surface area contributed by atoms with Crippen LogP contribution in [-0.4, -0.2) is 30.6 Å². The SMILES string of the molecule is CCOc1cc(/C=N\NC(=O)CSc2ccc(Cl)cc2)cc(Br)c1O[C@@H](C)CC. The fourth-order valence-corrected chi connectivity index (χ4v) is 3.59. The molecule has 156 valence electrons. The molecule has 0 fully saturated rings. The van der Waals surface area contributed by atoms with Gasteiger partial charge < -0.3 is 9.47 Å². The van der Waals surface area contributed by atoms with Crippen molar-refractivity contribution in [3.63, 3.8) is 0 Å². The van der Waals surface area contributed by atoms with Gasteiger partial charge in [-0.3, -0.25) is 4.79 Å². The van der Waals surface area contributed by atoms with E-state index < -0.39 is 0 Å². The molecule has 2 aromatic carbocycles. The first-order chi connectivity index (χ1) is 13.9. The molecule has 0 saturated carbocycles. The Morgan fingerprint density at radius 1 is 1.31 bits per heavy atom. The minimum Gasteiger partial charge on any atom is -0.490 e. The lowest BCUT2D eigenvalue weighted by molar-refractivity contribution is -0.118. The van der Waals surface area contributed by atoms with Gasteiger partial charge >= 0.3 is 0 Å². The molecule has 0 spiro atoms. The largest absolute Gasteiger partial charge is 0.490 e. The van der Waals surface area contributed by atoms with E-state index in [1.165, 1.54) is 11.8 Å². The van der Waals surface area contributed by atoms with Crippen molar-refractivity contribution < 1.29 is 14.3 Å². The lowest BCUT2D eigenvalue weighted by Crippen LogP contribution is -2.19. The molecular weight excluding hydrogens is 476 g/mol. The number of nitrogens with zero attached hydrogens (tertiary/aromatic N) is 1. The van der Waals surface area contributed by atoms with Crippen LogP contribution in [0.3, 0.4) is 0 Å². The normalized spacial score (nSPS) is 12.0. The van der Waals surface area contributed by atoms with Gasteiger partial charge in [-0.05, 0) is 78.2 Å². The summed E-state index contributed by atoms with van der Waals surface area (Å²) in [7, 11) is 0. The number of hydrogen-bond donors (Lipinski definition) is 1.